The van der Waals surface area contributed by atoms with Gasteiger partial charge in [-0.25, -0.2) is 0 Å². The second-order valence-corrected chi connectivity index (χ2v) is 5.64. The normalized spacial score (nSPS) is 23.0. The smallest absolute Gasteiger partial charge is 0.0509 e. The van der Waals surface area contributed by atoms with Crippen LogP contribution in [0.4, 0.5) is 0 Å². The zero-order chi connectivity index (χ0) is 13.1. The van der Waals surface area contributed by atoms with Gasteiger partial charge in [-0.1, -0.05) is 18.2 Å². The Morgan fingerprint density at radius 3 is 2.61 bits per heavy atom. The van der Waals surface area contributed by atoms with Crippen molar-refractivity contribution in [3.63, 3.8) is 0 Å². The molecule has 2 heteroatoms. The first-order valence-corrected chi connectivity index (χ1v) is 6.99. The highest BCUT2D eigenvalue weighted by Crippen LogP contribution is 2.21. The van der Waals surface area contributed by atoms with Crippen LogP contribution in [0.2, 0.25) is 0 Å². The molecule has 0 aliphatic carbocycles. The van der Waals surface area contributed by atoms with Crippen LogP contribution in [0.5, 0.6) is 0 Å². The molecule has 0 amide bonds. The number of ether oxygens (including phenoxy) is 1. The van der Waals surface area contributed by atoms with Gasteiger partial charge in [-0.2, -0.15) is 0 Å². The van der Waals surface area contributed by atoms with Gasteiger partial charge in [0.25, 0.3) is 0 Å². The molecule has 0 bridgehead atoms. The van der Waals surface area contributed by atoms with Gasteiger partial charge in [-0.05, 0) is 56.7 Å². The molecule has 1 fully saturated rings. The number of hydrogen-bond acceptors (Lipinski definition) is 2. The Morgan fingerprint density at radius 2 is 2.00 bits per heavy atom. The lowest BCUT2D eigenvalue weighted by molar-refractivity contribution is 0.177. The van der Waals surface area contributed by atoms with Crippen LogP contribution >= 0.6 is 0 Å². The number of rotatable bonds is 4. The first-order valence-electron chi connectivity index (χ1n) is 6.99. The fourth-order valence-corrected chi connectivity index (χ4v) is 2.61. The van der Waals surface area contributed by atoms with Crippen LogP contribution in [0.1, 0.15) is 43.0 Å². The quantitative estimate of drug-likeness (QED) is 0.880. The van der Waals surface area contributed by atoms with Crippen molar-refractivity contribution >= 4 is 0 Å². The summed E-state index contributed by atoms with van der Waals surface area (Å²) in [7, 11) is 0. The Labute approximate surface area is 111 Å². The summed E-state index contributed by atoms with van der Waals surface area (Å²) in [6.45, 7) is 10.7. The fourth-order valence-electron chi connectivity index (χ4n) is 2.61. The molecule has 1 aromatic rings. The van der Waals surface area contributed by atoms with E-state index in [9.17, 15) is 0 Å². The second kappa shape index (κ2) is 5.85. The molecule has 1 heterocycles. The minimum Gasteiger partial charge on any atom is -0.381 e. The standard InChI is InChI=1S/C16H25NO/c1-11-5-6-15(9-12(11)2)13(3)17-14(4)16-7-8-18-10-16/h5-6,9,13-14,16-17H,7-8,10H2,1-4H3. The molecule has 1 aliphatic rings. The van der Waals surface area contributed by atoms with Crippen LogP contribution in [-0.4, -0.2) is 19.3 Å². The van der Waals surface area contributed by atoms with E-state index in [1.807, 2.05) is 0 Å². The van der Waals surface area contributed by atoms with Crippen molar-refractivity contribution in [3.8, 4) is 0 Å². The summed E-state index contributed by atoms with van der Waals surface area (Å²) in [5.41, 5.74) is 4.12. The summed E-state index contributed by atoms with van der Waals surface area (Å²) in [4.78, 5) is 0. The average Bonchev–Trinajstić information content (AvgIpc) is 2.86. The van der Waals surface area contributed by atoms with Gasteiger partial charge in [0.15, 0.2) is 0 Å². The van der Waals surface area contributed by atoms with Crippen molar-refractivity contribution in [2.45, 2.75) is 46.2 Å². The summed E-state index contributed by atoms with van der Waals surface area (Å²) in [6.07, 6.45) is 1.19. The van der Waals surface area contributed by atoms with Crippen molar-refractivity contribution in [1.82, 2.24) is 5.32 Å². The third-order valence-electron chi connectivity index (χ3n) is 4.22. The van der Waals surface area contributed by atoms with Crippen LogP contribution in [-0.2, 0) is 4.74 Å². The molecule has 1 saturated heterocycles. The van der Waals surface area contributed by atoms with Crippen molar-refractivity contribution in [2.75, 3.05) is 13.2 Å². The van der Waals surface area contributed by atoms with E-state index in [1.54, 1.807) is 0 Å². The molecule has 1 N–H and O–H groups in total. The van der Waals surface area contributed by atoms with Gasteiger partial charge in [0.1, 0.15) is 0 Å². The van der Waals surface area contributed by atoms with Crippen molar-refractivity contribution in [2.24, 2.45) is 5.92 Å². The Morgan fingerprint density at radius 1 is 1.22 bits per heavy atom. The zero-order valence-electron chi connectivity index (χ0n) is 12.0. The molecular formula is C16H25NO. The minimum atomic E-state index is 0.403. The maximum atomic E-state index is 5.46. The molecule has 0 radical (unpaired) electrons. The van der Waals surface area contributed by atoms with E-state index in [-0.39, 0.29) is 0 Å². The van der Waals surface area contributed by atoms with Gasteiger partial charge in [-0.3, -0.25) is 0 Å². The monoisotopic (exact) mass is 247 g/mol. The lowest BCUT2D eigenvalue weighted by Gasteiger charge is -2.24. The predicted octanol–water partition coefficient (Wildman–Crippen LogP) is 3.38. The largest absolute Gasteiger partial charge is 0.381 e. The summed E-state index contributed by atoms with van der Waals surface area (Å²) >= 11 is 0. The van der Waals surface area contributed by atoms with Crippen LogP contribution in [0, 0.1) is 19.8 Å². The Hall–Kier alpha value is -0.860. The SMILES string of the molecule is Cc1ccc(C(C)NC(C)C2CCOC2)cc1C. The highest BCUT2D eigenvalue weighted by Gasteiger charge is 2.23. The lowest BCUT2D eigenvalue weighted by atomic mass is 9.97. The maximum absolute atomic E-state index is 5.46. The maximum Gasteiger partial charge on any atom is 0.0509 e. The summed E-state index contributed by atoms with van der Waals surface area (Å²) in [6, 6.07) is 7.67. The Balaban J connectivity index is 1.97. The summed E-state index contributed by atoms with van der Waals surface area (Å²) in [5, 5.41) is 3.70. The molecule has 0 spiro atoms. The molecule has 3 atom stereocenters. The van der Waals surface area contributed by atoms with Crippen LogP contribution < -0.4 is 5.32 Å². The first-order chi connectivity index (χ1) is 8.58. The molecule has 100 valence electrons. The molecule has 18 heavy (non-hydrogen) atoms. The van der Waals surface area contributed by atoms with Gasteiger partial charge in [0.2, 0.25) is 0 Å². The van der Waals surface area contributed by atoms with Crippen molar-refractivity contribution in [1.29, 1.82) is 0 Å². The van der Waals surface area contributed by atoms with Gasteiger partial charge in [0.05, 0.1) is 6.61 Å². The third kappa shape index (κ3) is 3.12. The van der Waals surface area contributed by atoms with Crippen LogP contribution in [0.15, 0.2) is 18.2 Å². The number of benzene rings is 1. The zero-order valence-corrected chi connectivity index (χ0v) is 12.0. The highest BCUT2D eigenvalue weighted by atomic mass is 16.5. The van der Waals surface area contributed by atoms with Gasteiger partial charge in [-0.15, -0.1) is 0 Å². The topological polar surface area (TPSA) is 21.3 Å². The molecule has 1 aliphatic heterocycles. The van der Waals surface area contributed by atoms with Crippen LogP contribution in [0.25, 0.3) is 0 Å². The first kappa shape index (κ1) is 13.6. The fraction of sp³-hybridized carbons (Fsp3) is 0.625. The minimum absolute atomic E-state index is 0.403. The Kier molecular flexibility index (Phi) is 4.41. The molecule has 0 aromatic heterocycles. The third-order valence-corrected chi connectivity index (χ3v) is 4.22. The molecule has 2 rings (SSSR count). The van der Waals surface area contributed by atoms with E-state index in [1.165, 1.54) is 23.1 Å². The average molecular weight is 247 g/mol. The number of hydrogen-bond donors (Lipinski definition) is 1. The van der Waals surface area contributed by atoms with E-state index in [0.717, 1.165) is 13.2 Å². The molecular weight excluding hydrogens is 222 g/mol. The van der Waals surface area contributed by atoms with Gasteiger partial charge < -0.3 is 10.1 Å². The van der Waals surface area contributed by atoms with E-state index >= 15 is 0 Å². The molecule has 2 nitrogen and oxygen atoms in total. The van der Waals surface area contributed by atoms with Gasteiger partial charge >= 0.3 is 0 Å². The molecule has 0 saturated carbocycles. The van der Waals surface area contributed by atoms with E-state index in [2.05, 4.69) is 51.2 Å². The Bertz CT molecular complexity index is 396. The lowest BCUT2D eigenvalue weighted by Crippen LogP contribution is -2.35. The van der Waals surface area contributed by atoms with E-state index in [0.29, 0.717) is 18.0 Å². The van der Waals surface area contributed by atoms with E-state index in [4.69, 9.17) is 4.74 Å². The molecule has 3 unspecified atom stereocenters. The number of nitrogens with one attached hydrogen (secondary N) is 1. The summed E-state index contributed by atoms with van der Waals surface area (Å²) < 4.78 is 5.46. The van der Waals surface area contributed by atoms with Gasteiger partial charge in [0, 0.05) is 18.7 Å². The van der Waals surface area contributed by atoms with E-state index < -0.39 is 0 Å². The van der Waals surface area contributed by atoms with Crippen molar-refractivity contribution in [3.05, 3.63) is 34.9 Å². The second-order valence-electron chi connectivity index (χ2n) is 5.64. The molecule has 1 aromatic carbocycles. The number of aryl methyl sites for hydroxylation is 2. The highest BCUT2D eigenvalue weighted by molar-refractivity contribution is 5.31. The summed E-state index contributed by atoms with van der Waals surface area (Å²) in [5.74, 6) is 0.666. The van der Waals surface area contributed by atoms with Crippen molar-refractivity contribution < 1.29 is 4.74 Å². The van der Waals surface area contributed by atoms with Crippen LogP contribution in [0.3, 0.4) is 0 Å². The predicted molar refractivity (Wildman–Crippen MR) is 75.9 cm³/mol.